The minimum absolute atomic E-state index is 0.154. The van der Waals surface area contributed by atoms with E-state index in [-0.39, 0.29) is 11.1 Å². The number of hydrogen-bond acceptors (Lipinski definition) is 3. The summed E-state index contributed by atoms with van der Waals surface area (Å²) in [5.74, 6) is -2.49. The van der Waals surface area contributed by atoms with E-state index in [9.17, 15) is 18.8 Å². The number of fused-ring (bicyclic) bond motifs is 1. The van der Waals surface area contributed by atoms with Gasteiger partial charge in [-0.2, -0.15) is 0 Å². The molecule has 2 unspecified atom stereocenters. The number of nitrogens with one attached hydrogen (secondary N) is 1. The second-order valence-electron chi connectivity index (χ2n) is 5.71. The van der Waals surface area contributed by atoms with Crippen LogP contribution in [0, 0.1) is 11.7 Å². The van der Waals surface area contributed by atoms with Gasteiger partial charge in [-0.3, -0.25) is 14.4 Å². The average molecular weight is 318 g/mol. The molecule has 1 aliphatic rings. The lowest BCUT2D eigenvalue weighted by atomic mass is 10.0. The molecule has 23 heavy (non-hydrogen) atoms. The predicted octanol–water partition coefficient (Wildman–Crippen LogP) is 1.60. The molecule has 1 saturated heterocycles. The number of hydrogen-bond donors (Lipinski definition) is 2. The van der Waals surface area contributed by atoms with Crippen molar-refractivity contribution in [2.24, 2.45) is 5.92 Å². The Morgan fingerprint density at radius 1 is 1.35 bits per heavy atom. The Morgan fingerprint density at radius 2 is 2.09 bits per heavy atom. The van der Waals surface area contributed by atoms with Crippen molar-refractivity contribution in [1.82, 2.24) is 9.88 Å². The summed E-state index contributed by atoms with van der Waals surface area (Å²) in [6, 6.07) is 4.51. The standard InChI is InChI=1S/C16H15FN2O4/c1-8-10(16(22)23)4-5-19(8)15(21)12-7-14(20)18-13-6-9(17)2-3-11(12)13/h2-3,6-8,10H,4-5H2,1H3,(H,18,20)(H,22,23). The number of halogens is 1. The Balaban J connectivity index is 2.05. The molecule has 120 valence electrons. The number of carboxylic acids is 1. The van der Waals surface area contributed by atoms with E-state index in [0.717, 1.165) is 6.07 Å². The fourth-order valence-corrected chi connectivity index (χ4v) is 3.12. The molecule has 2 aromatic rings. The minimum Gasteiger partial charge on any atom is -0.481 e. The molecule has 0 aliphatic carbocycles. The van der Waals surface area contributed by atoms with E-state index < -0.39 is 35.2 Å². The first kappa shape index (κ1) is 15.2. The van der Waals surface area contributed by atoms with Gasteiger partial charge in [0.05, 0.1) is 17.0 Å². The van der Waals surface area contributed by atoms with Gasteiger partial charge < -0.3 is 15.0 Å². The molecule has 0 bridgehead atoms. The second kappa shape index (κ2) is 5.49. The van der Waals surface area contributed by atoms with E-state index in [0.29, 0.717) is 18.4 Å². The molecule has 1 amide bonds. The fraction of sp³-hybridized carbons (Fsp3) is 0.312. The molecule has 2 N–H and O–H groups in total. The summed E-state index contributed by atoms with van der Waals surface area (Å²) >= 11 is 0. The van der Waals surface area contributed by atoms with Crippen LogP contribution in [-0.4, -0.2) is 39.5 Å². The number of carbonyl (C=O) groups is 2. The van der Waals surface area contributed by atoms with Crippen molar-refractivity contribution in [3.8, 4) is 0 Å². The lowest BCUT2D eigenvalue weighted by molar-refractivity contribution is -0.142. The van der Waals surface area contributed by atoms with Gasteiger partial charge in [0.25, 0.3) is 5.91 Å². The number of likely N-dealkylation sites (tertiary alicyclic amines) is 1. The lowest BCUT2D eigenvalue weighted by Gasteiger charge is -2.23. The van der Waals surface area contributed by atoms with Crippen LogP contribution in [0.15, 0.2) is 29.1 Å². The molecule has 3 rings (SSSR count). The molecule has 1 aromatic carbocycles. The van der Waals surface area contributed by atoms with Gasteiger partial charge in [-0.1, -0.05) is 0 Å². The largest absolute Gasteiger partial charge is 0.481 e. The summed E-state index contributed by atoms with van der Waals surface area (Å²) in [7, 11) is 0. The Morgan fingerprint density at radius 3 is 2.74 bits per heavy atom. The Kier molecular flexibility index (Phi) is 3.63. The first-order valence-electron chi connectivity index (χ1n) is 7.25. The molecule has 7 heteroatoms. The number of carbonyl (C=O) groups excluding carboxylic acids is 1. The molecular weight excluding hydrogens is 303 g/mol. The fourth-order valence-electron chi connectivity index (χ4n) is 3.12. The van der Waals surface area contributed by atoms with E-state index in [4.69, 9.17) is 5.11 Å². The third kappa shape index (κ3) is 2.58. The number of benzene rings is 1. The van der Waals surface area contributed by atoms with Crippen LogP contribution in [0.4, 0.5) is 4.39 Å². The lowest BCUT2D eigenvalue weighted by Crippen LogP contribution is -2.38. The monoisotopic (exact) mass is 318 g/mol. The highest BCUT2D eigenvalue weighted by Crippen LogP contribution is 2.27. The van der Waals surface area contributed by atoms with Crippen molar-refractivity contribution in [2.45, 2.75) is 19.4 Å². The number of aliphatic carboxylic acids is 1. The van der Waals surface area contributed by atoms with E-state index in [2.05, 4.69) is 4.98 Å². The molecule has 2 heterocycles. The minimum atomic E-state index is -0.939. The van der Waals surface area contributed by atoms with Crippen molar-refractivity contribution in [2.75, 3.05) is 6.54 Å². The smallest absolute Gasteiger partial charge is 0.308 e. The second-order valence-corrected chi connectivity index (χ2v) is 5.71. The van der Waals surface area contributed by atoms with Crippen LogP contribution in [0.3, 0.4) is 0 Å². The molecule has 1 fully saturated rings. The van der Waals surface area contributed by atoms with Crippen molar-refractivity contribution >= 4 is 22.8 Å². The zero-order chi connectivity index (χ0) is 16.7. The topological polar surface area (TPSA) is 90.5 Å². The summed E-state index contributed by atoms with van der Waals surface area (Å²) in [4.78, 5) is 39.6. The van der Waals surface area contributed by atoms with Crippen LogP contribution in [-0.2, 0) is 4.79 Å². The highest BCUT2D eigenvalue weighted by molar-refractivity contribution is 6.06. The zero-order valence-electron chi connectivity index (χ0n) is 12.4. The zero-order valence-corrected chi connectivity index (χ0v) is 12.4. The van der Waals surface area contributed by atoms with Crippen LogP contribution >= 0.6 is 0 Å². The number of aromatic nitrogens is 1. The van der Waals surface area contributed by atoms with Gasteiger partial charge in [0.15, 0.2) is 0 Å². The summed E-state index contributed by atoms with van der Waals surface area (Å²) in [5.41, 5.74) is -0.114. The maximum absolute atomic E-state index is 13.3. The van der Waals surface area contributed by atoms with Crippen LogP contribution in [0.2, 0.25) is 0 Å². The molecule has 0 saturated carbocycles. The highest BCUT2D eigenvalue weighted by Gasteiger charge is 2.38. The summed E-state index contributed by atoms with van der Waals surface area (Å²) in [5, 5.41) is 9.60. The number of aromatic amines is 1. The number of H-pyrrole nitrogens is 1. The number of carboxylic acid groups (broad SMARTS) is 1. The SMILES string of the molecule is CC1C(C(=O)O)CCN1C(=O)c1cc(=O)[nH]c2cc(F)ccc12. The Labute approximate surface area is 130 Å². The third-order valence-corrected chi connectivity index (χ3v) is 4.37. The van der Waals surface area contributed by atoms with Crippen molar-refractivity contribution in [1.29, 1.82) is 0 Å². The van der Waals surface area contributed by atoms with Gasteiger partial charge >= 0.3 is 5.97 Å². The highest BCUT2D eigenvalue weighted by atomic mass is 19.1. The van der Waals surface area contributed by atoms with E-state index >= 15 is 0 Å². The molecule has 0 spiro atoms. The summed E-state index contributed by atoms with van der Waals surface area (Å²) < 4.78 is 13.3. The van der Waals surface area contributed by atoms with E-state index in [1.54, 1.807) is 6.92 Å². The number of pyridine rings is 1. The number of amides is 1. The Hall–Kier alpha value is -2.70. The molecule has 1 aliphatic heterocycles. The first-order chi connectivity index (χ1) is 10.9. The summed E-state index contributed by atoms with van der Waals surface area (Å²) in [6.45, 7) is 1.99. The summed E-state index contributed by atoms with van der Waals surface area (Å²) in [6.07, 6.45) is 0.373. The van der Waals surface area contributed by atoms with Gasteiger partial charge in [0, 0.05) is 24.0 Å². The maximum atomic E-state index is 13.3. The molecule has 6 nitrogen and oxygen atoms in total. The van der Waals surface area contributed by atoms with Crippen molar-refractivity contribution < 1.29 is 19.1 Å². The molecule has 1 aromatic heterocycles. The van der Waals surface area contributed by atoms with Crippen LogP contribution in [0.25, 0.3) is 10.9 Å². The number of nitrogens with zero attached hydrogens (tertiary/aromatic N) is 1. The van der Waals surface area contributed by atoms with E-state index in [1.807, 2.05) is 0 Å². The quantitative estimate of drug-likeness (QED) is 0.880. The van der Waals surface area contributed by atoms with Crippen LogP contribution < -0.4 is 5.56 Å². The van der Waals surface area contributed by atoms with Crippen LogP contribution in [0.1, 0.15) is 23.7 Å². The third-order valence-electron chi connectivity index (χ3n) is 4.37. The van der Waals surface area contributed by atoms with Gasteiger partial charge in [0.2, 0.25) is 5.56 Å². The van der Waals surface area contributed by atoms with E-state index in [1.165, 1.54) is 23.1 Å². The molecular formula is C16H15FN2O4. The first-order valence-corrected chi connectivity index (χ1v) is 7.25. The maximum Gasteiger partial charge on any atom is 0.308 e. The van der Waals surface area contributed by atoms with Gasteiger partial charge in [-0.25, -0.2) is 4.39 Å². The number of rotatable bonds is 2. The average Bonchev–Trinajstić information content (AvgIpc) is 2.87. The predicted molar refractivity (Wildman–Crippen MR) is 80.8 cm³/mol. The van der Waals surface area contributed by atoms with Crippen molar-refractivity contribution in [3.63, 3.8) is 0 Å². The van der Waals surface area contributed by atoms with Gasteiger partial charge in [-0.05, 0) is 31.5 Å². The molecule has 0 radical (unpaired) electrons. The Bertz CT molecular complexity index is 861. The normalized spacial score (nSPS) is 20.9. The molecule has 2 atom stereocenters. The van der Waals surface area contributed by atoms with Gasteiger partial charge in [-0.15, -0.1) is 0 Å². The van der Waals surface area contributed by atoms with Gasteiger partial charge in [0.1, 0.15) is 5.82 Å². The van der Waals surface area contributed by atoms with Crippen molar-refractivity contribution in [3.05, 3.63) is 46.0 Å². The van der Waals surface area contributed by atoms with Crippen LogP contribution in [0.5, 0.6) is 0 Å².